The van der Waals surface area contributed by atoms with E-state index in [4.69, 9.17) is 25.1 Å². The van der Waals surface area contributed by atoms with E-state index in [0.29, 0.717) is 0 Å². The van der Waals surface area contributed by atoms with E-state index in [1.165, 1.54) is 0 Å². The van der Waals surface area contributed by atoms with Gasteiger partial charge in [0, 0.05) is 0 Å². The molecule has 0 radical (unpaired) electrons. The average molecular weight is 412 g/mol. The number of aliphatic hydroxyl groups excluding tert-OH is 4. The minimum atomic E-state index is -5.20. The monoisotopic (exact) mass is 412 g/mol. The van der Waals surface area contributed by atoms with Crippen LogP contribution in [-0.4, -0.2) is 91.4 Å². The Hall–Kier alpha value is -0.600. The largest absolute Gasteiger partial charge is 0.473 e. The van der Waals surface area contributed by atoms with Crippen molar-refractivity contribution in [2.24, 2.45) is 0 Å². The fraction of sp³-hybridized carbons (Fsp3) is 0.778. The lowest BCUT2D eigenvalue weighted by molar-refractivity contribution is -0.137. The lowest BCUT2D eigenvalue weighted by atomic mass is 10.1. The molecule has 5 atom stereocenters. The van der Waals surface area contributed by atoms with E-state index in [-0.39, 0.29) is 6.29 Å². The first-order valence-corrected chi connectivity index (χ1v) is 9.35. The van der Waals surface area contributed by atoms with Crippen molar-refractivity contribution in [3.8, 4) is 0 Å². The van der Waals surface area contributed by atoms with Crippen LogP contribution in [0.5, 0.6) is 0 Å². The van der Waals surface area contributed by atoms with Crippen LogP contribution in [0.25, 0.3) is 0 Å². The van der Waals surface area contributed by atoms with Gasteiger partial charge in [-0.05, 0) is 0 Å². The Morgan fingerprint density at radius 3 is 2.00 bits per heavy atom. The van der Waals surface area contributed by atoms with E-state index in [9.17, 15) is 28.7 Å². The van der Waals surface area contributed by atoms with Crippen LogP contribution in [0.2, 0.25) is 0 Å². The SMILES string of the molecule is O=C[C@H](OP(=O)(O)O)[C@@H](CO)OP(=O)(O)OCC(=O)[C@@H](O)[C@H](O)CO. The molecular formula is C9H18O14P2. The van der Waals surface area contributed by atoms with Crippen LogP contribution in [0.3, 0.4) is 0 Å². The Balaban J connectivity index is 4.85. The first kappa shape index (κ1) is 24.4. The maximum absolute atomic E-state index is 11.6. The van der Waals surface area contributed by atoms with Crippen LogP contribution in [0.4, 0.5) is 0 Å². The van der Waals surface area contributed by atoms with Gasteiger partial charge in [0.25, 0.3) is 0 Å². The molecule has 14 nitrogen and oxygen atoms in total. The number of aldehydes is 1. The van der Waals surface area contributed by atoms with Crippen molar-refractivity contribution >= 4 is 27.7 Å². The number of carbonyl (C=O) groups is 2. The lowest BCUT2D eigenvalue weighted by Gasteiger charge is -2.23. The predicted molar refractivity (Wildman–Crippen MR) is 74.8 cm³/mol. The molecule has 0 aliphatic rings. The number of hydrogen-bond acceptors (Lipinski definition) is 11. The van der Waals surface area contributed by atoms with Gasteiger partial charge in [0.15, 0.2) is 18.2 Å². The zero-order valence-electron chi connectivity index (χ0n) is 12.4. The topological polar surface area (TPSA) is 238 Å². The van der Waals surface area contributed by atoms with Crippen molar-refractivity contribution < 1.29 is 67.4 Å². The quantitative estimate of drug-likeness (QED) is 0.114. The van der Waals surface area contributed by atoms with E-state index in [0.717, 1.165) is 0 Å². The van der Waals surface area contributed by atoms with Crippen LogP contribution >= 0.6 is 15.6 Å². The van der Waals surface area contributed by atoms with Gasteiger partial charge in [-0.25, -0.2) is 9.13 Å². The van der Waals surface area contributed by atoms with E-state index < -0.39 is 65.7 Å². The normalized spacial score (nSPS) is 19.5. The van der Waals surface area contributed by atoms with Gasteiger partial charge >= 0.3 is 15.6 Å². The number of Topliss-reactive ketones (excluding diaryl/α,β-unsaturated/α-hetero) is 1. The number of phosphoric ester groups is 2. The summed E-state index contributed by atoms with van der Waals surface area (Å²) in [6.07, 6.45) is -8.39. The van der Waals surface area contributed by atoms with E-state index in [1.807, 2.05) is 0 Å². The van der Waals surface area contributed by atoms with Gasteiger partial charge in [-0.3, -0.25) is 18.4 Å². The van der Waals surface area contributed by atoms with Gasteiger partial charge in [0.1, 0.15) is 24.9 Å². The summed E-state index contributed by atoms with van der Waals surface area (Å²) in [5.41, 5.74) is 0. The first-order chi connectivity index (χ1) is 11.4. The smallest absolute Gasteiger partial charge is 0.394 e. The Bertz CT molecular complexity index is 530. The predicted octanol–water partition coefficient (Wildman–Crippen LogP) is -3.56. The summed E-state index contributed by atoms with van der Waals surface area (Å²) in [7, 11) is -10.4. The van der Waals surface area contributed by atoms with Gasteiger partial charge in [-0.1, -0.05) is 0 Å². The Morgan fingerprint density at radius 2 is 1.60 bits per heavy atom. The van der Waals surface area contributed by atoms with E-state index >= 15 is 0 Å². The van der Waals surface area contributed by atoms with Crippen molar-refractivity contribution in [3.63, 3.8) is 0 Å². The minimum Gasteiger partial charge on any atom is -0.394 e. The maximum Gasteiger partial charge on any atom is 0.473 e. The number of carbonyl (C=O) groups excluding carboxylic acids is 2. The summed E-state index contributed by atoms with van der Waals surface area (Å²) in [5, 5.41) is 35.8. The Morgan fingerprint density at radius 1 is 1.04 bits per heavy atom. The Labute approximate surface area is 140 Å². The van der Waals surface area contributed by atoms with Crippen molar-refractivity contribution in [2.75, 3.05) is 19.8 Å². The molecule has 7 N–H and O–H groups in total. The van der Waals surface area contributed by atoms with Crippen LogP contribution in [0.1, 0.15) is 0 Å². The highest BCUT2D eigenvalue weighted by Gasteiger charge is 2.36. The summed E-state index contributed by atoms with van der Waals surface area (Å²) < 4.78 is 34.7. The molecule has 0 amide bonds. The lowest BCUT2D eigenvalue weighted by Crippen LogP contribution is -2.38. The number of hydrogen-bond donors (Lipinski definition) is 7. The molecule has 0 aromatic heterocycles. The summed E-state index contributed by atoms with van der Waals surface area (Å²) in [6.45, 7) is -3.44. The van der Waals surface area contributed by atoms with Crippen molar-refractivity contribution in [1.29, 1.82) is 0 Å². The van der Waals surface area contributed by atoms with Crippen LogP contribution < -0.4 is 0 Å². The molecule has 1 unspecified atom stereocenters. The molecule has 0 rings (SSSR count). The van der Waals surface area contributed by atoms with Crippen molar-refractivity contribution in [2.45, 2.75) is 24.4 Å². The molecule has 0 heterocycles. The molecule has 0 aliphatic heterocycles. The molecule has 0 bridgehead atoms. The van der Waals surface area contributed by atoms with E-state index in [2.05, 4.69) is 13.6 Å². The summed E-state index contributed by atoms with van der Waals surface area (Å²) in [4.78, 5) is 48.6. The molecule has 0 saturated carbocycles. The van der Waals surface area contributed by atoms with Crippen LogP contribution in [0, 0.1) is 0 Å². The third kappa shape index (κ3) is 9.61. The average Bonchev–Trinajstić information content (AvgIpc) is 2.53. The minimum absolute atomic E-state index is 0.216. The number of ketones is 1. The number of phosphoric acid groups is 2. The molecule has 16 heteroatoms. The van der Waals surface area contributed by atoms with Gasteiger partial charge in [-0.15, -0.1) is 0 Å². The van der Waals surface area contributed by atoms with Crippen molar-refractivity contribution in [1.82, 2.24) is 0 Å². The molecule has 25 heavy (non-hydrogen) atoms. The second-order valence-corrected chi connectivity index (χ2v) is 7.02. The highest BCUT2D eigenvalue weighted by Crippen LogP contribution is 2.46. The highest BCUT2D eigenvalue weighted by molar-refractivity contribution is 7.47. The standard InChI is InChI=1S/C9H18O14P2/c10-1-5(13)9(15)6(14)4-21-25(19,20)23-8(3-12)7(2-11)22-24(16,17)18/h2,5,7-10,12-13,15H,1,3-4H2,(H,19,20)(H2,16,17,18)/t5-,7+,8-,9+/m1/s1. The molecule has 0 spiro atoms. The van der Waals surface area contributed by atoms with Gasteiger partial charge < -0.3 is 39.9 Å². The molecule has 0 saturated heterocycles. The molecule has 0 aromatic carbocycles. The number of aliphatic hydroxyl groups is 4. The Kier molecular flexibility index (Phi) is 10.3. The first-order valence-electron chi connectivity index (χ1n) is 6.32. The molecular weight excluding hydrogens is 394 g/mol. The fourth-order valence-electron chi connectivity index (χ4n) is 1.28. The summed E-state index contributed by atoms with van der Waals surface area (Å²) in [5.74, 6) is -1.31. The summed E-state index contributed by atoms with van der Waals surface area (Å²) >= 11 is 0. The van der Waals surface area contributed by atoms with Gasteiger partial charge in [-0.2, -0.15) is 0 Å². The van der Waals surface area contributed by atoms with Crippen LogP contribution in [0.15, 0.2) is 0 Å². The second kappa shape index (κ2) is 10.5. The summed E-state index contributed by atoms with van der Waals surface area (Å²) in [6, 6.07) is 0. The second-order valence-electron chi connectivity index (χ2n) is 4.43. The number of rotatable bonds is 13. The molecule has 0 aliphatic carbocycles. The van der Waals surface area contributed by atoms with Gasteiger partial charge in [0.2, 0.25) is 0 Å². The third-order valence-corrected chi connectivity index (χ3v) is 3.97. The zero-order chi connectivity index (χ0) is 19.8. The highest BCUT2D eigenvalue weighted by atomic mass is 31.2. The zero-order valence-corrected chi connectivity index (χ0v) is 14.2. The molecule has 0 aromatic rings. The molecule has 148 valence electrons. The molecule has 0 fully saturated rings. The third-order valence-electron chi connectivity index (χ3n) is 2.46. The van der Waals surface area contributed by atoms with Crippen molar-refractivity contribution in [3.05, 3.63) is 0 Å². The van der Waals surface area contributed by atoms with E-state index in [1.54, 1.807) is 0 Å². The van der Waals surface area contributed by atoms with Crippen LogP contribution in [-0.2, 0) is 32.3 Å². The fourth-order valence-corrected chi connectivity index (χ4v) is 2.67. The maximum atomic E-state index is 11.6. The van der Waals surface area contributed by atoms with Gasteiger partial charge in [0.05, 0.1) is 13.2 Å².